The number of amides is 1. The predicted octanol–water partition coefficient (Wildman–Crippen LogP) is 7.27. The lowest BCUT2D eigenvalue weighted by Gasteiger charge is -2.14. The third-order valence-electron chi connectivity index (χ3n) is 6.90. The Kier molecular flexibility index (Phi) is 7.06. The lowest BCUT2D eigenvalue weighted by molar-refractivity contribution is 0.0995. The molecule has 0 unspecified atom stereocenters. The third-order valence-corrected chi connectivity index (χ3v) is 7.81. The summed E-state index contributed by atoms with van der Waals surface area (Å²) in [6.07, 6.45) is 5.32. The number of rotatable bonds is 6. The van der Waals surface area contributed by atoms with Gasteiger partial charge in [-0.1, -0.05) is 29.3 Å². The number of fused-ring (bicyclic) bond motifs is 3. The summed E-state index contributed by atoms with van der Waals surface area (Å²) in [6, 6.07) is 7.82. The fourth-order valence-corrected chi connectivity index (χ4v) is 5.59. The molecule has 1 aliphatic heterocycles. The summed E-state index contributed by atoms with van der Waals surface area (Å²) in [7, 11) is 0. The van der Waals surface area contributed by atoms with E-state index in [1.807, 2.05) is 52.0 Å². The Bertz CT molecular complexity index is 1530. The van der Waals surface area contributed by atoms with Crippen molar-refractivity contribution in [2.45, 2.75) is 53.5 Å². The smallest absolute Gasteiger partial charge is 0.293 e. The number of nitrogens with zero attached hydrogens (tertiary/aromatic N) is 4. The molecule has 8 heteroatoms. The fraction of sp³-hybridized carbons (Fsp3) is 0.310. The molecule has 0 saturated carbocycles. The highest BCUT2D eigenvalue weighted by molar-refractivity contribution is 6.35. The van der Waals surface area contributed by atoms with E-state index in [0.717, 1.165) is 67.3 Å². The minimum atomic E-state index is -0.228. The van der Waals surface area contributed by atoms with Gasteiger partial charge in [-0.05, 0) is 75.4 Å². The second kappa shape index (κ2) is 10.3. The molecule has 0 atom stereocenters. The van der Waals surface area contributed by atoms with Gasteiger partial charge in [0.15, 0.2) is 0 Å². The van der Waals surface area contributed by atoms with Crippen molar-refractivity contribution in [3.05, 3.63) is 74.4 Å². The van der Waals surface area contributed by atoms with Gasteiger partial charge in [0.05, 0.1) is 17.1 Å². The lowest BCUT2D eigenvalue weighted by Crippen LogP contribution is -2.09. The zero-order valence-corrected chi connectivity index (χ0v) is 22.9. The number of aromatic nitrogens is 3. The molecular weight excluding hydrogens is 507 g/mol. The number of aliphatic imine (C=N–C) groups is 1. The van der Waals surface area contributed by atoms with Crippen LogP contribution in [0.25, 0.3) is 22.0 Å². The average Bonchev–Trinajstić information content (AvgIpc) is 3.04. The molecule has 0 spiro atoms. The van der Waals surface area contributed by atoms with Crippen molar-refractivity contribution in [3.8, 4) is 16.9 Å². The van der Waals surface area contributed by atoms with E-state index in [-0.39, 0.29) is 5.91 Å². The molecule has 2 aromatic heterocycles. The molecule has 6 nitrogen and oxygen atoms in total. The van der Waals surface area contributed by atoms with Gasteiger partial charge in [-0.15, -0.1) is 0 Å². The fourth-order valence-electron chi connectivity index (χ4n) is 5.23. The SMILES string of the molecule is Cc1cc(OCCCc2c3n(c4c(-c5c(C)ncnc5C)c(Cl)ccc24)CCC=NC3=O)cc(C)c1Cl. The van der Waals surface area contributed by atoms with E-state index in [1.54, 1.807) is 12.5 Å². The van der Waals surface area contributed by atoms with Gasteiger partial charge in [0.2, 0.25) is 0 Å². The Morgan fingerprint density at radius 2 is 1.70 bits per heavy atom. The third kappa shape index (κ3) is 4.64. The van der Waals surface area contributed by atoms with Crippen molar-refractivity contribution >= 4 is 46.2 Å². The van der Waals surface area contributed by atoms with Crippen molar-refractivity contribution in [1.29, 1.82) is 0 Å². The second-order valence-corrected chi connectivity index (χ2v) is 10.2. The highest BCUT2D eigenvalue weighted by Crippen LogP contribution is 2.42. The van der Waals surface area contributed by atoms with E-state index < -0.39 is 0 Å². The van der Waals surface area contributed by atoms with Crippen LogP contribution in [0.1, 0.15) is 51.4 Å². The van der Waals surface area contributed by atoms with Crippen LogP contribution in [-0.4, -0.2) is 33.3 Å². The highest BCUT2D eigenvalue weighted by Gasteiger charge is 2.27. The van der Waals surface area contributed by atoms with Crippen LogP contribution in [0.5, 0.6) is 5.75 Å². The van der Waals surface area contributed by atoms with E-state index in [0.29, 0.717) is 36.7 Å². The highest BCUT2D eigenvalue weighted by atomic mass is 35.5. The van der Waals surface area contributed by atoms with Gasteiger partial charge >= 0.3 is 0 Å². The minimum Gasteiger partial charge on any atom is -0.494 e. The van der Waals surface area contributed by atoms with Gasteiger partial charge in [-0.25, -0.2) is 15.0 Å². The molecule has 4 aromatic rings. The summed E-state index contributed by atoms with van der Waals surface area (Å²) in [4.78, 5) is 26.3. The van der Waals surface area contributed by atoms with Gasteiger partial charge in [0.25, 0.3) is 5.91 Å². The van der Waals surface area contributed by atoms with E-state index in [2.05, 4.69) is 19.5 Å². The second-order valence-electron chi connectivity index (χ2n) is 9.45. The van der Waals surface area contributed by atoms with Gasteiger partial charge < -0.3 is 9.30 Å². The van der Waals surface area contributed by atoms with Crippen molar-refractivity contribution in [1.82, 2.24) is 14.5 Å². The summed E-state index contributed by atoms with van der Waals surface area (Å²) >= 11 is 13.1. The number of ether oxygens (including phenoxy) is 1. The molecular formula is C29H28Cl2N4O2. The van der Waals surface area contributed by atoms with Crippen LogP contribution in [-0.2, 0) is 13.0 Å². The number of aryl methyl sites for hydroxylation is 6. The van der Waals surface area contributed by atoms with E-state index in [4.69, 9.17) is 27.9 Å². The quantitative estimate of drug-likeness (QED) is 0.244. The van der Waals surface area contributed by atoms with E-state index in [1.165, 1.54) is 0 Å². The molecule has 0 fully saturated rings. The van der Waals surface area contributed by atoms with E-state index >= 15 is 0 Å². The number of hydrogen-bond donors (Lipinski definition) is 0. The Morgan fingerprint density at radius 1 is 1.00 bits per heavy atom. The number of carbonyl (C=O) groups excluding carboxylic acids is 1. The maximum absolute atomic E-state index is 13.2. The molecule has 1 amide bonds. The number of halogens is 2. The van der Waals surface area contributed by atoms with Gasteiger partial charge in [0, 0.05) is 52.1 Å². The summed E-state index contributed by atoms with van der Waals surface area (Å²) in [5.41, 5.74) is 7.96. The standard InChI is InChI=1S/C29H28Cl2N4O2/c1-16-13-20(14-17(2)26(16)31)37-12-5-7-21-22-8-9-23(30)25(24-18(3)33-15-34-19(24)4)27(22)35-11-6-10-32-29(36)28(21)35/h8-10,13-15H,5-7,11-12H2,1-4H3. The molecule has 0 bridgehead atoms. The Morgan fingerprint density at radius 3 is 2.41 bits per heavy atom. The summed E-state index contributed by atoms with van der Waals surface area (Å²) in [5, 5.41) is 2.37. The van der Waals surface area contributed by atoms with Crippen LogP contribution >= 0.6 is 23.2 Å². The first-order valence-electron chi connectivity index (χ1n) is 12.4. The number of benzene rings is 2. The maximum Gasteiger partial charge on any atom is 0.293 e. The molecule has 0 aliphatic carbocycles. The summed E-state index contributed by atoms with van der Waals surface area (Å²) < 4.78 is 8.14. The molecule has 3 heterocycles. The van der Waals surface area contributed by atoms with Crippen LogP contribution in [0.4, 0.5) is 0 Å². The minimum absolute atomic E-state index is 0.228. The molecule has 0 saturated heterocycles. The monoisotopic (exact) mass is 534 g/mol. The van der Waals surface area contributed by atoms with Gasteiger partial charge in [0.1, 0.15) is 17.8 Å². The number of hydrogen-bond acceptors (Lipinski definition) is 4. The van der Waals surface area contributed by atoms with Crippen LogP contribution in [0.15, 0.2) is 35.6 Å². The first-order chi connectivity index (χ1) is 17.8. The lowest BCUT2D eigenvalue weighted by atomic mass is 9.97. The van der Waals surface area contributed by atoms with Crippen LogP contribution < -0.4 is 4.74 Å². The van der Waals surface area contributed by atoms with Crippen LogP contribution in [0.3, 0.4) is 0 Å². The largest absolute Gasteiger partial charge is 0.494 e. The molecule has 37 heavy (non-hydrogen) atoms. The molecule has 0 radical (unpaired) electrons. The zero-order chi connectivity index (χ0) is 26.3. The molecule has 5 rings (SSSR count). The van der Waals surface area contributed by atoms with E-state index in [9.17, 15) is 4.79 Å². The molecule has 2 aromatic carbocycles. The molecule has 0 N–H and O–H groups in total. The predicted molar refractivity (Wildman–Crippen MR) is 150 cm³/mol. The Hall–Kier alpha value is -3.22. The van der Waals surface area contributed by atoms with Crippen LogP contribution in [0.2, 0.25) is 10.0 Å². The topological polar surface area (TPSA) is 69.4 Å². The normalized spacial score (nSPS) is 13.2. The Balaban J connectivity index is 1.56. The first kappa shape index (κ1) is 25.4. The van der Waals surface area contributed by atoms with Crippen molar-refractivity contribution in [2.24, 2.45) is 4.99 Å². The van der Waals surface area contributed by atoms with Crippen LogP contribution in [0, 0.1) is 27.7 Å². The van der Waals surface area contributed by atoms with Crippen molar-refractivity contribution < 1.29 is 9.53 Å². The van der Waals surface area contributed by atoms with Crippen molar-refractivity contribution in [2.75, 3.05) is 6.61 Å². The molecule has 190 valence electrons. The maximum atomic E-state index is 13.2. The first-order valence-corrected chi connectivity index (χ1v) is 13.1. The van der Waals surface area contributed by atoms with Gasteiger partial charge in [-0.2, -0.15) is 0 Å². The van der Waals surface area contributed by atoms with Gasteiger partial charge in [-0.3, -0.25) is 4.79 Å². The Labute approximate surface area is 226 Å². The zero-order valence-electron chi connectivity index (χ0n) is 21.4. The van der Waals surface area contributed by atoms with Crippen molar-refractivity contribution in [3.63, 3.8) is 0 Å². The summed E-state index contributed by atoms with van der Waals surface area (Å²) in [6.45, 7) is 9.01. The molecule has 1 aliphatic rings. The summed E-state index contributed by atoms with van der Waals surface area (Å²) in [5.74, 6) is 0.568. The average molecular weight is 535 g/mol. The number of carbonyl (C=O) groups is 1.